The molecule has 0 aromatic carbocycles. The maximum Gasteiger partial charge on any atom is 0.472 e. The standard InChI is InChI=1S/C22H28N9O11P/c23-16-8-1-3-30(17(8)26-6-25-16)20-14(35)12(33)10(41-20)5-39-43(37,38)42-15-13(34)9(2-4-32)40-21(15)31-7-27-11-18(31)28-22(24)29-19(11)36/h1,3,6-7,9-10,12-15,20-21,32-35H,2,4-5H2,(H,37,38)(H2,23,25,26)(H3,24,28,29,36)/t9-,10-,12-,13-,14-,15-,20-,21-/m1/s1. The van der Waals surface area contributed by atoms with Gasteiger partial charge in [-0.15, -0.1) is 0 Å². The van der Waals surface area contributed by atoms with Gasteiger partial charge in [0.25, 0.3) is 5.56 Å². The SMILES string of the molecule is Nc1nc2c(ncn2[C@@H]2O[C@H](CCO)[C@@H](O)[C@H]2OP(=O)(O)OC[C@H]2O[C@@H](n3ccc4c(N)ncnc43)[C@H](O)[C@@H]2O)c(=O)[nH]1. The van der Waals surface area contributed by atoms with E-state index in [1.807, 2.05) is 0 Å². The molecule has 2 aliphatic rings. The zero-order valence-corrected chi connectivity index (χ0v) is 22.9. The molecule has 4 aromatic rings. The van der Waals surface area contributed by atoms with E-state index in [-0.39, 0.29) is 36.0 Å². The first kappa shape index (κ1) is 29.5. The Hall–Kier alpha value is -3.56. The van der Waals surface area contributed by atoms with Gasteiger partial charge in [-0.3, -0.25) is 23.4 Å². The highest BCUT2D eigenvalue weighted by Crippen LogP contribution is 2.50. The Balaban J connectivity index is 1.19. The number of nitrogens with one attached hydrogen (secondary N) is 1. The Morgan fingerprint density at radius 2 is 1.79 bits per heavy atom. The van der Waals surface area contributed by atoms with Crippen LogP contribution in [0.4, 0.5) is 11.8 Å². The molecule has 10 N–H and O–H groups in total. The van der Waals surface area contributed by atoms with Crippen LogP contribution in [0.2, 0.25) is 0 Å². The Morgan fingerprint density at radius 3 is 2.56 bits per heavy atom. The lowest BCUT2D eigenvalue weighted by Crippen LogP contribution is -2.35. The number of rotatable bonds is 9. The number of ether oxygens (including phenoxy) is 2. The van der Waals surface area contributed by atoms with E-state index >= 15 is 0 Å². The normalized spacial score (nSPS) is 30.8. The van der Waals surface area contributed by atoms with Crippen molar-refractivity contribution in [1.82, 2.24) is 34.1 Å². The first-order valence-electron chi connectivity index (χ1n) is 12.9. The molecule has 0 amide bonds. The molecule has 20 nitrogen and oxygen atoms in total. The van der Waals surface area contributed by atoms with Gasteiger partial charge in [-0.25, -0.2) is 19.5 Å². The third kappa shape index (κ3) is 5.27. The monoisotopic (exact) mass is 625 g/mol. The van der Waals surface area contributed by atoms with Gasteiger partial charge >= 0.3 is 7.82 Å². The number of nitrogens with zero attached hydrogens (tertiary/aromatic N) is 6. The third-order valence-corrected chi connectivity index (χ3v) is 8.24. The number of aromatic amines is 1. The number of aliphatic hydroxyl groups excluding tert-OH is 4. The fraction of sp³-hybridized carbons (Fsp3) is 0.500. The molecule has 21 heteroatoms. The van der Waals surface area contributed by atoms with E-state index in [4.69, 9.17) is 30.0 Å². The molecule has 2 aliphatic heterocycles. The van der Waals surface area contributed by atoms with Gasteiger partial charge in [-0.2, -0.15) is 4.98 Å². The first-order valence-corrected chi connectivity index (χ1v) is 14.4. The fourth-order valence-corrected chi connectivity index (χ4v) is 6.13. The second-order valence-electron chi connectivity index (χ2n) is 9.94. The number of fused-ring (bicyclic) bond motifs is 2. The largest absolute Gasteiger partial charge is 0.472 e. The van der Waals surface area contributed by atoms with E-state index in [1.165, 1.54) is 21.7 Å². The van der Waals surface area contributed by atoms with Gasteiger partial charge in [-0.1, -0.05) is 0 Å². The molecule has 1 unspecified atom stereocenters. The second-order valence-corrected chi connectivity index (χ2v) is 11.3. The van der Waals surface area contributed by atoms with Gasteiger partial charge in [0.05, 0.1) is 24.4 Å². The predicted octanol–water partition coefficient (Wildman–Crippen LogP) is -2.51. The van der Waals surface area contributed by atoms with Crippen molar-refractivity contribution >= 4 is 41.8 Å². The Morgan fingerprint density at radius 1 is 1.02 bits per heavy atom. The van der Waals surface area contributed by atoms with Crippen molar-refractivity contribution in [3.63, 3.8) is 0 Å². The third-order valence-electron chi connectivity index (χ3n) is 7.26. The number of hydrogen-bond acceptors (Lipinski definition) is 16. The van der Waals surface area contributed by atoms with Gasteiger partial charge < -0.3 is 50.8 Å². The quantitative estimate of drug-likeness (QED) is 0.0891. The molecule has 232 valence electrons. The van der Waals surface area contributed by atoms with Crippen LogP contribution in [-0.4, -0.2) is 109 Å². The molecule has 6 rings (SSSR count). The zero-order chi connectivity index (χ0) is 30.6. The molecular formula is C22H28N9O11P. The maximum atomic E-state index is 13.1. The highest BCUT2D eigenvalue weighted by atomic mass is 31.2. The molecule has 0 bridgehead atoms. The number of aliphatic hydroxyl groups is 4. The highest BCUT2D eigenvalue weighted by Gasteiger charge is 2.50. The minimum atomic E-state index is -5.03. The van der Waals surface area contributed by atoms with Crippen LogP contribution >= 0.6 is 7.82 Å². The predicted molar refractivity (Wildman–Crippen MR) is 143 cm³/mol. The van der Waals surface area contributed by atoms with Gasteiger partial charge in [-0.05, 0) is 12.5 Å². The number of imidazole rings is 1. The summed E-state index contributed by atoms with van der Waals surface area (Å²) in [7, 11) is -5.03. The molecule has 0 radical (unpaired) electrons. The van der Waals surface area contributed by atoms with Crippen LogP contribution in [0.3, 0.4) is 0 Å². The van der Waals surface area contributed by atoms with Crippen molar-refractivity contribution in [2.45, 2.75) is 55.5 Å². The van der Waals surface area contributed by atoms with E-state index in [2.05, 4.69) is 24.9 Å². The Bertz CT molecular complexity index is 1750. The van der Waals surface area contributed by atoms with Gasteiger partial charge in [0, 0.05) is 12.8 Å². The van der Waals surface area contributed by atoms with E-state index in [9.17, 15) is 34.7 Å². The molecule has 2 saturated heterocycles. The summed E-state index contributed by atoms with van der Waals surface area (Å²) >= 11 is 0. The van der Waals surface area contributed by atoms with Gasteiger partial charge in [0.2, 0.25) is 5.95 Å². The van der Waals surface area contributed by atoms with Crippen molar-refractivity contribution < 1.29 is 48.4 Å². The van der Waals surface area contributed by atoms with Crippen LogP contribution in [0.15, 0.2) is 29.7 Å². The summed E-state index contributed by atoms with van der Waals surface area (Å²) in [5.41, 5.74) is 11.0. The molecule has 0 spiro atoms. The van der Waals surface area contributed by atoms with E-state index in [1.54, 1.807) is 6.07 Å². The van der Waals surface area contributed by atoms with E-state index in [0.717, 1.165) is 6.33 Å². The minimum Gasteiger partial charge on any atom is -0.396 e. The number of nitrogens with two attached hydrogens (primary N) is 2. The van der Waals surface area contributed by atoms with Crippen molar-refractivity contribution in [1.29, 1.82) is 0 Å². The molecular weight excluding hydrogens is 597 g/mol. The summed E-state index contributed by atoms with van der Waals surface area (Å²) in [6, 6.07) is 1.60. The second kappa shape index (κ2) is 11.2. The smallest absolute Gasteiger partial charge is 0.396 e. The molecule has 2 fully saturated rings. The lowest BCUT2D eigenvalue weighted by atomic mass is 10.1. The average molecular weight is 625 g/mol. The number of nitrogen functional groups attached to an aromatic ring is 2. The Labute approximate surface area is 240 Å². The number of phosphoric ester groups is 1. The van der Waals surface area contributed by atoms with Crippen molar-refractivity contribution in [3.8, 4) is 0 Å². The average Bonchev–Trinajstić information content (AvgIpc) is 3.71. The van der Waals surface area contributed by atoms with Crippen LogP contribution in [-0.2, 0) is 23.1 Å². The number of H-pyrrole nitrogens is 1. The highest BCUT2D eigenvalue weighted by molar-refractivity contribution is 7.47. The van der Waals surface area contributed by atoms with E-state index in [0.29, 0.717) is 11.0 Å². The molecule has 0 saturated carbocycles. The number of hydrogen-bond donors (Lipinski definition) is 8. The maximum absolute atomic E-state index is 13.1. The lowest BCUT2D eigenvalue weighted by molar-refractivity contribution is -0.0599. The van der Waals surface area contributed by atoms with E-state index < -0.39 is 69.1 Å². The zero-order valence-electron chi connectivity index (χ0n) is 22.0. The molecule has 43 heavy (non-hydrogen) atoms. The molecule has 6 heterocycles. The lowest BCUT2D eigenvalue weighted by Gasteiger charge is -2.25. The summed E-state index contributed by atoms with van der Waals surface area (Å²) in [6.45, 7) is -1.10. The molecule has 4 aromatic heterocycles. The summed E-state index contributed by atoms with van der Waals surface area (Å²) in [6.07, 6.45) is -7.18. The van der Waals surface area contributed by atoms with Crippen LogP contribution in [0.1, 0.15) is 18.9 Å². The summed E-state index contributed by atoms with van der Waals surface area (Å²) in [5, 5.41) is 42.0. The van der Waals surface area contributed by atoms with Crippen LogP contribution < -0.4 is 17.0 Å². The number of phosphoric acid groups is 1. The van der Waals surface area contributed by atoms with Crippen molar-refractivity contribution in [2.75, 3.05) is 24.7 Å². The topological polar surface area (TPSA) is 301 Å². The molecule has 0 aliphatic carbocycles. The summed E-state index contributed by atoms with van der Waals surface area (Å²) in [5.74, 6) is -0.0415. The summed E-state index contributed by atoms with van der Waals surface area (Å²) < 4.78 is 37.7. The first-order chi connectivity index (χ1) is 20.5. The molecule has 9 atom stereocenters. The fourth-order valence-electron chi connectivity index (χ4n) is 5.20. The Kier molecular flexibility index (Phi) is 7.67. The van der Waals surface area contributed by atoms with Crippen LogP contribution in [0.5, 0.6) is 0 Å². The minimum absolute atomic E-state index is 0.0579. The van der Waals surface area contributed by atoms with Crippen LogP contribution in [0.25, 0.3) is 22.2 Å². The number of anilines is 2. The van der Waals surface area contributed by atoms with Crippen molar-refractivity contribution in [2.24, 2.45) is 0 Å². The van der Waals surface area contributed by atoms with Gasteiger partial charge in [0.1, 0.15) is 48.3 Å². The van der Waals surface area contributed by atoms with Crippen LogP contribution in [0, 0.1) is 0 Å². The van der Waals surface area contributed by atoms with Crippen molar-refractivity contribution in [3.05, 3.63) is 35.3 Å². The van der Waals surface area contributed by atoms with Gasteiger partial charge in [0.15, 0.2) is 23.6 Å². The summed E-state index contributed by atoms with van der Waals surface area (Å²) in [4.78, 5) is 41.2. The number of aromatic nitrogens is 7.